The molecule has 1 N–H and O–H groups in total. The van der Waals surface area contributed by atoms with Crippen LogP contribution in [-0.4, -0.2) is 37.1 Å². The molecule has 0 bridgehead atoms. The van der Waals surface area contributed by atoms with Crippen LogP contribution in [0.5, 0.6) is 0 Å². The minimum absolute atomic E-state index is 0.641. The molecule has 2 aromatic rings. The molecule has 3 nitrogen and oxygen atoms in total. The van der Waals surface area contributed by atoms with Crippen molar-refractivity contribution in [1.82, 2.24) is 9.88 Å². The van der Waals surface area contributed by atoms with Crippen molar-refractivity contribution in [2.24, 2.45) is 0 Å². The Bertz CT molecular complexity index is 848. The van der Waals surface area contributed by atoms with E-state index >= 15 is 0 Å². The van der Waals surface area contributed by atoms with Crippen LogP contribution in [0, 0.1) is 0 Å². The van der Waals surface area contributed by atoms with Crippen LogP contribution in [0.3, 0.4) is 0 Å². The molecule has 0 saturated heterocycles. The summed E-state index contributed by atoms with van der Waals surface area (Å²) in [5.74, 6) is 0. The normalized spacial score (nSPS) is 15.7. The lowest BCUT2D eigenvalue weighted by Gasteiger charge is -2.13. The predicted octanol–water partition coefficient (Wildman–Crippen LogP) is 5.32. The van der Waals surface area contributed by atoms with Crippen molar-refractivity contribution in [3.05, 3.63) is 58.8 Å². The Morgan fingerprint density at radius 3 is 2.85 bits per heavy atom. The smallest absolute Gasteiger partial charge is 0.0866 e. The summed E-state index contributed by atoms with van der Waals surface area (Å²) in [7, 11) is 4.20. The van der Waals surface area contributed by atoms with Gasteiger partial charge in [0.25, 0.3) is 0 Å². The summed E-state index contributed by atoms with van der Waals surface area (Å²) in [5, 5.41) is 0. The molecular formula is C22H26N2OS. The maximum Gasteiger partial charge on any atom is 0.0866 e. The summed E-state index contributed by atoms with van der Waals surface area (Å²) < 4.78 is 5.91. The summed E-state index contributed by atoms with van der Waals surface area (Å²) in [6.07, 6.45) is 8.07. The third-order valence-corrected chi connectivity index (χ3v) is 5.98. The molecule has 4 rings (SSSR count). The van der Waals surface area contributed by atoms with Gasteiger partial charge in [-0.3, -0.25) is 0 Å². The Kier molecular flexibility index (Phi) is 5.34. The largest absolute Gasteiger partial charge is 0.375 e. The number of fused-ring (bicyclic) bond motifs is 5. The van der Waals surface area contributed by atoms with Crippen molar-refractivity contribution in [1.29, 1.82) is 0 Å². The lowest BCUT2D eigenvalue weighted by molar-refractivity contribution is 0.111. The van der Waals surface area contributed by atoms with E-state index in [2.05, 4.69) is 66.5 Å². The van der Waals surface area contributed by atoms with Gasteiger partial charge < -0.3 is 14.6 Å². The average Bonchev–Trinajstić information content (AvgIpc) is 3.01. The van der Waals surface area contributed by atoms with Crippen molar-refractivity contribution in [2.75, 3.05) is 27.2 Å². The Morgan fingerprint density at radius 2 is 1.96 bits per heavy atom. The summed E-state index contributed by atoms with van der Waals surface area (Å²) in [6.45, 7) is 2.50. The first kappa shape index (κ1) is 17.7. The SMILES string of the molecule is CN(C)CCCOCc1cc2c([nH]1)C1=CCCC=C1Sc1ccccc1-2. The molecule has 26 heavy (non-hydrogen) atoms. The molecule has 0 atom stereocenters. The van der Waals surface area contributed by atoms with E-state index in [0.717, 1.165) is 38.1 Å². The summed E-state index contributed by atoms with van der Waals surface area (Å²) >= 11 is 1.89. The number of allylic oxidation sites excluding steroid dienone is 3. The number of H-pyrrole nitrogens is 1. The van der Waals surface area contributed by atoms with Gasteiger partial charge in [0.2, 0.25) is 0 Å². The average molecular weight is 367 g/mol. The molecule has 1 aliphatic carbocycles. The number of hydrogen-bond acceptors (Lipinski definition) is 3. The Labute approximate surface area is 160 Å². The summed E-state index contributed by atoms with van der Waals surface area (Å²) in [6, 6.07) is 11.0. The molecule has 1 aliphatic heterocycles. The van der Waals surface area contributed by atoms with Gasteiger partial charge in [-0.15, -0.1) is 0 Å². The third kappa shape index (κ3) is 3.68. The van der Waals surface area contributed by atoms with Crippen molar-refractivity contribution < 1.29 is 4.74 Å². The van der Waals surface area contributed by atoms with Crippen LogP contribution in [0.1, 0.15) is 30.7 Å². The number of benzene rings is 1. The lowest BCUT2D eigenvalue weighted by Crippen LogP contribution is -2.14. The van der Waals surface area contributed by atoms with Gasteiger partial charge in [0, 0.05) is 33.2 Å². The zero-order chi connectivity index (χ0) is 17.9. The van der Waals surface area contributed by atoms with E-state index in [9.17, 15) is 0 Å². The second-order valence-electron chi connectivity index (χ2n) is 7.15. The van der Waals surface area contributed by atoms with Crippen molar-refractivity contribution in [2.45, 2.75) is 30.8 Å². The Balaban J connectivity index is 1.60. The fourth-order valence-electron chi connectivity index (χ4n) is 3.55. The maximum absolute atomic E-state index is 5.91. The highest BCUT2D eigenvalue weighted by Gasteiger charge is 2.24. The van der Waals surface area contributed by atoms with Crippen LogP contribution in [0.15, 0.2) is 52.3 Å². The van der Waals surface area contributed by atoms with E-state index in [1.165, 1.54) is 32.2 Å². The quantitative estimate of drug-likeness (QED) is 0.702. The number of nitrogens with zero attached hydrogens (tertiary/aromatic N) is 1. The first-order valence-electron chi connectivity index (χ1n) is 9.35. The van der Waals surface area contributed by atoms with E-state index < -0.39 is 0 Å². The van der Waals surface area contributed by atoms with Gasteiger partial charge in [0.15, 0.2) is 0 Å². The number of nitrogens with one attached hydrogen (secondary N) is 1. The zero-order valence-electron chi connectivity index (χ0n) is 15.5. The van der Waals surface area contributed by atoms with Crippen molar-refractivity contribution >= 4 is 17.3 Å². The monoisotopic (exact) mass is 366 g/mol. The molecule has 0 saturated carbocycles. The van der Waals surface area contributed by atoms with E-state index in [4.69, 9.17) is 4.74 Å². The number of aromatic amines is 1. The van der Waals surface area contributed by atoms with Crippen molar-refractivity contribution in [3.63, 3.8) is 0 Å². The van der Waals surface area contributed by atoms with Gasteiger partial charge in [-0.25, -0.2) is 0 Å². The standard InChI is InChI=1S/C22H26N2OS/c1-24(2)12-7-13-25-15-16-14-19-17-8-3-5-10-20(17)26-21-11-6-4-9-18(21)22(19)23-16/h3,5,8-11,14,23H,4,6-7,12-13,15H2,1-2H3. The second-order valence-corrected chi connectivity index (χ2v) is 8.24. The molecule has 0 fully saturated rings. The van der Waals surface area contributed by atoms with Crippen LogP contribution in [0.25, 0.3) is 16.7 Å². The number of ether oxygens (including phenoxy) is 1. The second kappa shape index (κ2) is 7.87. The Hall–Kier alpha value is -1.75. The fraction of sp³-hybridized carbons (Fsp3) is 0.364. The van der Waals surface area contributed by atoms with E-state index in [1.807, 2.05) is 11.8 Å². The molecule has 136 valence electrons. The highest BCUT2D eigenvalue weighted by atomic mass is 32.2. The molecule has 0 amide bonds. The lowest BCUT2D eigenvalue weighted by atomic mass is 9.98. The topological polar surface area (TPSA) is 28.3 Å². The van der Waals surface area contributed by atoms with Crippen LogP contribution < -0.4 is 0 Å². The van der Waals surface area contributed by atoms with Gasteiger partial charge in [-0.1, -0.05) is 42.1 Å². The molecule has 0 radical (unpaired) electrons. The van der Waals surface area contributed by atoms with Crippen LogP contribution >= 0.6 is 11.8 Å². The molecule has 4 heteroatoms. The molecular weight excluding hydrogens is 340 g/mol. The highest BCUT2D eigenvalue weighted by Crippen LogP contribution is 2.49. The number of thioether (sulfide) groups is 1. The van der Waals surface area contributed by atoms with Crippen LogP contribution in [0.4, 0.5) is 0 Å². The van der Waals surface area contributed by atoms with Crippen molar-refractivity contribution in [3.8, 4) is 11.1 Å². The summed E-state index contributed by atoms with van der Waals surface area (Å²) in [4.78, 5) is 8.56. The molecule has 0 spiro atoms. The summed E-state index contributed by atoms with van der Waals surface area (Å²) in [5.41, 5.74) is 6.38. The van der Waals surface area contributed by atoms with E-state index in [-0.39, 0.29) is 0 Å². The third-order valence-electron chi connectivity index (χ3n) is 4.80. The highest BCUT2D eigenvalue weighted by molar-refractivity contribution is 8.03. The van der Waals surface area contributed by atoms with Gasteiger partial charge in [0.1, 0.15) is 0 Å². The minimum atomic E-state index is 0.641. The molecule has 1 aromatic heterocycles. The zero-order valence-corrected chi connectivity index (χ0v) is 16.4. The number of rotatable bonds is 6. The number of hydrogen-bond donors (Lipinski definition) is 1. The fourth-order valence-corrected chi connectivity index (χ4v) is 4.72. The molecule has 2 heterocycles. The van der Waals surface area contributed by atoms with E-state index in [1.54, 1.807) is 0 Å². The molecule has 1 aromatic carbocycles. The number of aromatic nitrogens is 1. The van der Waals surface area contributed by atoms with Gasteiger partial charge in [-0.2, -0.15) is 0 Å². The van der Waals surface area contributed by atoms with Crippen LogP contribution in [-0.2, 0) is 11.3 Å². The van der Waals surface area contributed by atoms with E-state index in [0.29, 0.717) is 6.61 Å². The van der Waals surface area contributed by atoms with Gasteiger partial charge in [-0.05, 0) is 57.6 Å². The van der Waals surface area contributed by atoms with Gasteiger partial charge >= 0.3 is 0 Å². The minimum Gasteiger partial charge on any atom is -0.375 e. The Morgan fingerprint density at radius 1 is 1.12 bits per heavy atom. The van der Waals surface area contributed by atoms with Crippen LogP contribution in [0.2, 0.25) is 0 Å². The first-order chi connectivity index (χ1) is 12.7. The molecule has 2 aliphatic rings. The molecule has 0 unspecified atom stereocenters. The van der Waals surface area contributed by atoms with Gasteiger partial charge in [0.05, 0.1) is 12.3 Å². The first-order valence-corrected chi connectivity index (χ1v) is 10.2. The maximum atomic E-state index is 5.91. The predicted molar refractivity (Wildman–Crippen MR) is 110 cm³/mol.